The van der Waals surface area contributed by atoms with Crippen molar-refractivity contribution in [1.82, 2.24) is 0 Å². The van der Waals surface area contributed by atoms with Crippen LogP contribution in [0.4, 0.5) is 0 Å². The molecule has 0 radical (unpaired) electrons. The molecule has 0 unspecified atom stereocenters. The van der Waals surface area contributed by atoms with Crippen molar-refractivity contribution in [2.75, 3.05) is 0 Å². The zero-order valence-corrected chi connectivity index (χ0v) is 20.0. The van der Waals surface area contributed by atoms with Gasteiger partial charge in [-0.05, 0) is 23.3 Å². The standard InChI is InChI=1S/C32H20S2/c1-2-11-21(12-3-1)22-13-4-5-14-23(22)31-24-15-6-7-16-25(24)32(34-31)27-18-10-20-29-30(27)26-17-8-9-19-28(26)33-29/h1-20H. The van der Waals surface area contributed by atoms with Crippen molar-refractivity contribution in [3.63, 3.8) is 0 Å². The highest BCUT2D eigenvalue weighted by Gasteiger charge is 2.19. The Bertz CT molecular complexity index is 1800. The van der Waals surface area contributed by atoms with Gasteiger partial charge in [0.15, 0.2) is 0 Å². The molecular formula is C32H20S2. The largest absolute Gasteiger partial charge is 0.135 e. The Morgan fingerprint density at radius 2 is 0.912 bits per heavy atom. The molecule has 0 aliphatic carbocycles. The molecular weight excluding hydrogens is 448 g/mol. The normalized spacial score (nSPS) is 11.5. The van der Waals surface area contributed by atoms with Gasteiger partial charge in [-0.2, -0.15) is 0 Å². The molecule has 0 aliphatic heterocycles. The second-order valence-electron chi connectivity index (χ2n) is 8.49. The minimum Gasteiger partial charge on any atom is -0.135 e. The lowest BCUT2D eigenvalue weighted by Gasteiger charge is -2.09. The van der Waals surface area contributed by atoms with Gasteiger partial charge in [0.25, 0.3) is 0 Å². The van der Waals surface area contributed by atoms with Gasteiger partial charge in [-0.25, -0.2) is 0 Å². The van der Waals surface area contributed by atoms with Crippen molar-refractivity contribution >= 4 is 53.6 Å². The van der Waals surface area contributed by atoms with Crippen LogP contribution in [0.3, 0.4) is 0 Å². The van der Waals surface area contributed by atoms with E-state index in [1.165, 1.54) is 63.0 Å². The van der Waals surface area contributed by atoms with Gasteiger partial charge in [0, 0.05) is 51.8 Å². The van der Waals surface area contributed by atoms with Crippen LogP contribution in [0.2, 0.25) is 0 Å². The Balaban J connectivity index is 1.54. The highest BCUT2D eigenvalue weighted by Crippen LogP contribution is 2.49. The van der Waals surface area contributed by atoms with Gasteiger partial charge in [-0.15, -0.1) is 22.7 Å². The lowest BCUT2D eigenvalue weighted by molar-refractivity contribution is 1.62. The van der Waals surface area contributed by atoms with Gasteiger partial charge in [-0.1, -0.05) is 109 Å². The SMILES string of the molecule is c1ccc(-c2ccccc2-c2sc(-c3cccc4sc5ccccc5c34)c3ccccc23)cc1. The first-order valence-corrected chi connectivity index (χ1v) is 13.1. The quantitative estimate of drug-likeness (QED) is 0.242. The zero-order chi connectivity index (χ0) is 22.5. The van der Waals surface area contributed by atoms with Crippen molar-refractivity contribution < 1.29 is 0 Å². The Morgan fingerprint density at radius 3 is 1.71 bits per heavy atom. The van der Waals surface area contributed by atoms with Crippen molar-refractivity contribution in [1.29, 1.82) is 0 Å². The number of benzene rings is 5. The first kappa shape index (κ1) is 19.7. The number of hydrogen-bond acceptors (Lipinski definition) is 2. The maximum absolute atomic E-state index is 2.30. The molecule has 2 heteroatoms. The highest BCUT2D eigenvalue weighted by atomic mass is 32.1. The first-order chi connectivity index (χ1) is 16.9. The van der Waals surface area contributed by atoms with E-state index in [4.69, 9.17) is 0 Å². The van der Waals surface area contributed by atoms with Crippen molar-refractivity contribution in [2.24, 2.45) is 0 Å². The molecule has 160 valence electrons. The van der Waals surface area contributed by atoms with Crippen LogP contribution in [0, 0.1) is 0 Å². The minimum atomic E-state index is 1.25. The minimum absolute atomic E-state index is 1.25. The van der Waals surface area contributed by atoms with E-state index in [1.54, 1.807) is 0 Å². The molecule has 5 aromatic carbocycles. The summed E-state index contributed by atoms with van der Waals surface area (Å²) in [4.78, 5) is 2.68. The van der Waals surface area contributed by atoms with Gasteiger partial charge in [0.05, 0.1) is 0 Å². The smallest absolute Gasteiger partial charge is 0.0434 e. The molecule has 7 rings (SSSR count). The Hall–Kier alpha value is -3.72. The second-order valence-corrected chi connectivity index (χ2v) is 10.6. The predicted octanol–water partition coefficient (Wildman–Crippen LogP) is 10.3. The summed E-state index contributed by atoms with van der Waals surface area (Å²) < 4.78 is 2.70. The summed E-state index contributed by atoms with van der Waals surface area (Å²) in [6.07, 6.45) is 0. The third-order valence-corrected chi connectivity index (χ3v) is 8.95. The topological polar surface area (TPSA) is 0 Å². The second kappa shape index (κ2) is 7.95. The molecule has 0 atom stereocenters. The molecule has 7 aromatic rings. The molecule has 0 bridgehead atoms. The van der Waals surface area contributed by atoms with Crippen molar-refractivity contribution in [3.8, 4) is 32.0 Å². The molecule has 0 spiro atoms. The number of fused-ring (bicyclic) bond motifs is 4. The van der Waals surface area contributed by atoms with Gasteiger partial charge < -0.3 is 0 Å². The van der Waals surface area contributed by atoms with Gasteiger partial charge >= 0.3 is 0 Å². The van der Waals surface area contributed by atoms with E-state index in [9.17, 15) is 0 Å². The molecule has 2 heterocycles. The summed E-state index contributed by atoms with van der Waals surface area (Å²) in [7, 11) is 0. The van der Waals surface area contributed by atoms with E-state index in [0.717, 1.165) is 0 Å². The maximum Gasteiger partial charge on any atom is 0.0434 e. The molecule has 0 amide bonds. The molecule has 0 saturated carbocycles. The maximum atomic E-state index is 2.30. The van der Waals surface area contributed by atoms with E-state index in [-0.39, 0.29) is 0 Å². The summed E-state index contributed by atoms with van der Waals surface area (Å²) in [5.41, 5.74) is 5.16. The highest BCUT2D eigenvalue weighted by molar-refractivity contribution is 7.26. The van der Waals surface area contributed by atoms with Crippen LogP contribution >= 0.6 is 22.7 Å². The lowest BCUT2D eigenvalue weighted by atomic mass is 9.96. The summed E-state index contributed by atoms with van der Waals surface area (Å²) in [5.74, 6) is 0. The zero-order valence-electron chi connectivity index (χ0n) is 18.4. The van der Waals surface area contributed by atoms with Crippen LogP contribution < -0.4 is 0 Å². The van der Waals surface area contributed by atoms with Crippen LogP contribution in [-0.2, 0) is 0 Å². The predicted molar refractivity (Wildman–Crippen MR) is 151 cm³/mol. The van der Waals surface area contributed by atoms with Crippen molar-refractivity contribution in [3.05, 3.63) is 121 Å². The van der Waals surface area contributed by atoms with Crippen LogP contribution in [0.15, 0.2) is 121 Å². The number of rotatable bonds is 3. The van der Waals surface area contributed by atoms with E-state index in [0.29, 0.717) is 0 Å². The molecule has 2 aromatic heterocycles. The molecule has 0 aliphatic rings. The average molecular weight is 469 g/mol. The Labute approximate surface area is 206 Å². The van der Waals surface area contributed by atoms with Gasteiger partial charge in [-0.3, -0.25) is 0 Å². The third-order valence-electron chi connectivity index (χ3n) is 6.52. The van der Waals surface area contributed by atoms with Crippen LogP contribution in [-0.4, -0.2) is 0 Å². The molecule has 0 saturated heterocycles. The lowest BCUT2D eigenvalue weighted by Crippen LogP contribution is -1.82. The van der Waals surface area contributed by atoms with E-state index < -0.39 is 0 Å². The molecule has 0 nitrogen and oxygen atoms in total. The first-order valence-electron chi connectivity index (χ1n) is 11.5. The van der Waals surface area contributed by atoms with E-state index in [2.05, 4.69) is 121 Å². The van der Waals surface area contributed by atoms with E-state index in [1.807, 2.05) is 22.7 Å². The Morgan fingerprint density at radius 1 is 0.353 bits per heavy atom. The molecule has 0 fully saturated rings. The van der Waals surface area contributed by atoms with Crippen molar-refractivity contribution in [2.45, 2.75) is 0 Å². The Kier molecular flexibility index (Phi) is 4.61. The number of thiophene rings is 2. The fourth-order valence-corrected chi connectivity index (χ4v) is 7.49. The van der Waals surface area contributed by atoms with E-state index >= 15 is 0 Å². The average Bonchev–Trinajstić information content (AvgIpc) is 3.48. The summed E-state index contributed by atoms with van der Waals surface area (Å²) in [6.45, 7) is 0. The fraction of sp³-hybridized carbons (Fsp3) is 0. The van der Waals surface area contributed by atoms with Gasteiger partial charge in [0.2, 0.25) is 0 Å². The van der Waals surface area contributed by atoms with Crippen LogP contribution in [0.25, 0.3) is 63.0 Å². The summed E-state index contributed by atoms with van der Waals surface area (Å²) in [5, 5.41) is 5.37. The molecule has 0 N–H and O–H groups in total. The molecule has 34 heavy (non-hydrogen) atoms. The summed E-state index contributed by atoms with van der Waals surface area (Å²) in [6, 6.07) is 44.0. The summed E-state index contributed by atoms with van der Waals surface area (Å²) >= 11 is 3.80. The van der Waals surface area contributed by atoms with Crippen LogP contribution in [0.1, 0.15) is 0 Å². The van der Waals surface area contributed by atoms with Crippen LogP contribution in [0.5, 0.6) is 0 Å². The monoisotopic (exact) mass is 468 g/mol. The van der Waals surface area contributed by atoms with Gasteiger partial charge in [0.1, 0.15) is 0 Å². The number of hydrogen-bond donors (Lipinski definition) is 0. The fourth-order valence-electron chi connectivity index (χ4n) is 5.01. The third kappa shape index (κ3) is 3.03.